The quantitative estimate of drug-likeness (QED) is 0.401. The van der Waals surface area contributed by atoms with Crippen molar-refractivity contribution < 1.29 is 13.2 Å². The molecule has 0 saturated carbocycles. The molecule has 1 aromatic heterocycles. The van der Waals surface area contributed by atoms with Gasteiger partial charge in [0.1, 0.15) is 10.9 Å². The number of carbonyl (C=O) groups excluding carboxylic acids is 1. The lowest BCUT2D eigenvalue weighted by atomic mass is 10.1. The molecule has 0 radical (unpaired) electrons. The number of pyridine rings is 1. The molecule has 168 valence electrons. The van der Waals surface area contributed by atoms with Crippen molar-refractivity contribution in [3.05, 3.63) is 101 Å². The lowest BCUT2D eigenvalue weighted by Crippen LogP contribution is -2.45. The zero-order chi connectivity index (χ0) is 23.4. The second-order valence-electron chi connectivity index (χ2n) is 7.67. The van der Waals surface area contributed by atoms with E-state index in [9.17, 15) is 13.2 Å². The van der Waals surface area contributed by atoms with Crippen molar-refractivity contribution in [2.45, 2.75) is 24.3 Å². The molecule has 1 amide bonds. The summed E-state index contributed by atoms with van der Waals surface area (Å²) in [4.78, 5) is 17.5. The van der Waals surface area contributed by atoms with E-state index in [-0.39, 0.29) is 11.3 Å². The van der Waals surface area contributed by atoms with E-state index in [0.717, 1.165) is 11.1 Å². The largest absolute Gasteiger partial charge is 0.323 e. The van der Waals surface area contributed by atoms with Gasteiger partial charge in [-0.2, -0.15) is 4.72 Å². The van der Waals surface area contributed by atoms with Gasteiger partial charge in [-0.25, -0.2) is 8.42 Å². The number of amides is 1. The fourth-order valence-electron chi connectivity index (χ4n) is 3.52. The SMILES string of the molecule is Cc1ccc(NC(=O)[C@H](Cc2ccccc2)NS(=O)(=O)c2cccc3cccnc23)c(Cl)c1. The molecule has 0 aliphatic rings. The number of hydrogen-bond acceptors (Lipinski definition) is 4. The van der Waals surface area contributed by atoms with E-state index in [1.807, 2.05) is 43.3 Å². The Balaban J connectivity index is 1.67. The molecule has 1 atom stereocenters. The maximum absolute atomic E-state index is 13.4. The van der Waals surface area contributed by atoms with Gasteiger partial charge in [-0.05, 0) is 48.7 Å². The van der Waals surface area contributed by atoms with Crippen molar-refractivity contribution in [1.29, 1.82) is 0 Å². The highest BCUT2D eigenvalue weighted by Gasteiger charge is 2.28. The van der Waals surface area contributed by atoms with Crippen molar-refractivity contribution in [2.75, 3.05) is 5.32 Å². The Labute approximate surface area is 197 Å². The number of sulfonamides is 1. The van der Waals surface area contributed by atoms with Crippen LogP contribution in [0.1, 0.15) is 11.1 Å². The minimum Gasteiger partial charge on any atom is -0.323 e. The zero-order valence-electron chi connectivity index (χ0n) is 17.8. The first-order valence-corrected chi connectivity index (χ1v) is 12.2. The lowest BCUT2D eigenvalue weighted by Gasteiger charge is -2.20. The van der Waals surface area contributed by atoms with E-state index in [4.69, 9.17) is 11.6 Å². The first-order chi connectivity index (χ1) is 15.8. The molecule has 4 rings (SSSR count). The topological polar surface area (TPSA) is 88.2 Å². The molecule has 8 heteroatoms. The van der Waals surface area contributed by atoms with Crippen molar-refractivity contribution in [1.82, 2.24) is 9.71 Å². The van der Waals surface area contributed by atoms with Crippen LogP contribution in [-0.4, -0.2) is 25.4 Å². The summed E-state index contributed by atoms with van der Waals surface area (Å²) in [6.07, 6.45) is 1.70. The Kier molecular flexibility index (Phi) is 6.74. The standard InChI is InChI=1S/C25H22ClN3O3S/c1-17-12-13-21(20(26)15-17)28-25(30)22(16-18-7-3-2-4-8-18)29-33(31,32)23-11-5-9-19-10-6-14-27-24(19)23/h2-15,22,29H,16H2,1H3,(H,28,30)/t22-/m0/s1. The number of hydrogen-bond donors (Lipinski definition) is 2. The van der Waals surface area contributed by atoms with Gasteiger partial charge in [0.15, 0.2) is 0 Å². The van der Waals surface area contributed by atoms with Crippen molar-refractivity contribution in [2.24, 2.45) is 0 Å². The molecule has 0 saturated heterocycles. The third-order valence-corrected chi connectivity index (χ3v) is 6.98. The normalized spacial score (nSPS) is 12.4. The van der Waals surface area contributed by atoms with Crippen LogP contribution in [0, 0.1) is 6.92 Å². The van der Waals surface area contributed by atoms with Gasteiger partial charge in [0.2, 0.25) is 15.9 Å². The average molecular weight is 480 g/mol. The van der Waals surface area contributed by atoms with Crippen molar-refractivity contribution in [3.63, 3.8) is 0 Å². The van der Waals surface area contributed by atoms with Crippen LogP contribution in [0.3, 0.4) is 0 Å². The molecule has 0 fully saturated rings. The molecular formula is C25H22ClN3O3S. The minimum atomic E-state index is -4.07. The fourth-order valence-corrected chi connectivity index (χ4v) is 5.18. The molecule has 0 bridgehead atoms. The van der Waals surface area contributed by atoms with E-state index >= 15 is 0 Å². The molecule has 0 aliphatic carbocycles. The number of nitrogens with zero attached hydrogens (tertiary/aromatic N) is 1. The van der Waals surface area contributed by atoms with Gasteiger partial charge in [-0.15, -0.1) is 0 Å². The highest BCUT2D eigenvalue weighted by atomic mass is 35.5. The third-order valence-electron chi connectivity index (χ3n) is 5.16. The molecular weight excluding hydrogens is 458 g/mol. The smallest absolute Gasteiger partial charge is 0.243 e. The van der Waals surface area contributed by atoms with Crippen molar-refractivity contribution >= 4 is 44.1 Å². The van der Waals surface area contributed by atoms with Crippen LogP contribution < -0.4 is 10.0 Å². The second kappa shape index (κ2) is 9.70. The summed E-state index contributed by atoms with van der Waals surface area (Å²) in [6.45, 7) is 1.89. The predicted octanol–water partition coefficient (Wildman–Crippen LogP) is 4.72. The average Bonchev–Trinajstić information content (AvgIpc) is 2.80. The maximum atomic E-state index is 13.4. The lowest BCUT2D eigenvalue weighted by molar-refractivity contribution is -0.117. The Hall–Kier alpha value is -3.26. The second-order valence-corrected chi connectivity index (χ2v) is 9.76. The summed E-state index contributed by atoms with van der Waals surface area (Å²) >= 11 is 6.27. The monoisotopic (exact) mass is 479 g/mol. The molecule has 2 N–H and O–H groups in total. The number of fused-ring (bicyclic) bond motifs is 1. The van der Waals surface area contributed by atoms with Gasteiger partial charge >= 0.3 is 0 Å². The van der Waals surface area contributed by atoms with E-state index in [0.29, 0.717) is 21.6 Å². The first kappa shape index (κ1) is 22.9. The van der Waals surface area contributed by atoms with Gasteiger partial charge in [0, 0.05) is 11.6 Å². The molecule has 0 unspecified atom stereocenters. The number of aromatic nitrogens is 1. The summed E-state index contributed by atoms with van der Waals surface area (Å²) in [6, 6.07) is 21.8. The van der Waals surface area contributed by atoms with Crippen LogP contribution in [0.25, 0.3) is 10.9 Å². The molecule has 1 heterocycles. The predicted molar refractivity (Wildman–Crippen MR) is 131 cm³/mol. The van der Waals surface area contributed by atoms with Crippen molar-refractivity contribution in [3.8, 4) is 0 Å². The van der Waals surface area contributed by atoms with Crippen LogP contribution in [0.2, 0.25) is 5.02 Å². The Morgan fingerprint density at radius 2 is 1.76 bits per heavy atom. The third kappa shape index (κ3) is 5.39. The van der Waals surface area contributed by atoms with E-state index in [1.54, 1.807) is 36.4 Å². The minimum absolute atomic E-state index is 0.0137. The number of halogens is 1. The van der Waals surface area contributed by atoms with E-state index < -0.39 is 22.0 Å². The van der Waals surface area contributed by atoms with Crippen LogP contribution in [0.15, 0.2) is 90.0 Å². The van der Waals surface area contributed by atoms with Crippen LogP contribution >= 0.6 is 11.6 Å². The van der Waals surface area contributed by atoms with Crippen LogP contribution in [0.5, 0.6) is 0 Å². The summed E-state index contributed by atoms with van der Waals surface area (Å²) < 4.78 is 29.3. The van der Waals surface area contributed by atoms with Gasteiger partial charge < -0.3 is 5.32 Å². The number of carbonyl (C=O) groups is 1. The summed E-state index contributed by atoms with van der Waals surface area (Å²) in [5, 5.41) is 3.82. The number of benzene rings is 3. The van der Waals surface area contributed by atoms with E-state index in [1.165, 1.54) is 12.3 Å². The fraction of sp³-hybridized carbons (Fsp3) is 0.120. The molecule has 33 heavy (non-hydrogen) atoms. The van der Waals surface area contributed by atoms with Gasteiger partial charge in [0.25, 0.3) is 0 Å². The Bertz CT molecular complexity index is 1400. The van der Waals surface area contributed by atoms with Gasteiger partial charge in [-0.1, -0.05) is 66.2 Å². The Morgan fingerprint density at radius 3 is 2.52 bits per heavy atom. The number of rotatable bonds is 7. The van der Waals surface area contributed by atoms with Crippen LogP contribution in [-0.2, 0) is 21.2 Å². The number of nitrogens with one attached hydrogen (secondary N) is 2. The molecule has 4 aromatic rings. The number of para-hydroxylation sites is 1. The highest BCUT2D eigenvalue weighted by molar-refractivity contribution is 7.89. The molecule has 0 spiro atoms. The summed E-state index contributed by atoms with van der Waals surface area (Å²) in [5.74, 6) is -0.513. The summed E-state index contributed by atoms with van der Waals surface area (Å²) in [5.41, 5.74) is 2.51. The van der Waals surface area contributed by atoms with E-state index in [2.05, 4.69) is 15.0 Å². The zero-order valence-corrected chi connectivity index (χ0v) is 19.4. The maximum Gasteiger partial charge on any atom is 0.243 e. The molecule has 6 nitrogen and oxygen atoms in total. The highest BCUT2D eigenvalue weighted by Crippen LogP contribution is 2.24. The number of aryl methyl sites for hydroxylation is 1. The van der Waals surface area contributed by atoms with Gasteiger partial charge in [-0.3, -0.25) is 9.78 Å². The Morgan fingerprint density at radius 1 is 1.00 bits per heavy atom. The van der Waals surface area contributed by atoms with Crippen LogP contribution in [0.4, 0.5) is 5.69 Å². The van der Waals surface area contributed by atoms with Gasteiger partial charge in [0.05, 0.1) is 16.2 Å². The first-order valence-electron chi connectivity index (χ1n) is 10.3. The molecule has 3 aromatic carbocycles. The molecule has 0 aliphatic heterocycles. The summed E-state index contributed by atoms with van der Waals surface area (Å²) in [7, 11) is -4.07. The number of anilines is 1.